The number of carbonyl (C=O) groups excluding carboxylic acids is 4. The van der Waals surface area contributed by atoms with Gasteiger partial charge in [-0.3, -0.25) is 9.59 Å². The molecule has 2 aromatic carbocycles. The lowest BCUT2D eigenvalue weighted by atomic mass is 9.81. The van der Waals surface area contributed by atoms with E-state index in [2.05, 4.69) is 6.08 Å². The Labute approximate surface area is 247 Å². The van der Waals surface area contributed by atoms with Gasteiger partial charge in [-0.1, -0.05) is 54.6 Å². The third kappa shape index (κ3) is 9.36. The van der Waals surface area contributed by atoms with E-state index in [1.54, 1.807) is 47.6 Å². The van der Waals surface area contributed by atoms with E-state index in [0.29, 0.717) is 17.5 Å². The number of hydroxylamine groups is 4. The van der Waals surface area contributed by atoms with Gasteiger partial charge >= 0.3 is 24.1 Å². The maximum absolute atomic E-state index is 13.2. The molecule has 0 aliphatic heterocycles. The molecule has 1 aliphatic carbocycles. The van der Waals surface area contributed by atoms with E-state index in [-0.39, 0.29) is 19.0 Å². The first-order valence-electron chi connectivity index (χ1n) is 13.8. The largest absolute Gasteiger partial charge is 0.444 e. The van der Waals surface area contributed by atoms with Crippen LogP contribution in [-0.2, 0) is 48.2 Å². The molecular formula is C32H40N2O8. The molecule has 0 bridgehead atoms. The van der Waals surface area contributed by atoms with Crippen LogP contribution in [0.4, 0.5) is 9.59 Å². The number of ether oxygens (including phenoxy) is 2. The molecule has 0 N–H and O–H groups in total. The van der Waals surface area contributed by atoms with Gasteiger partial charge in [0.2, 0.25) is 0 Å². The Bertz CT molecular complexity index is 1340. The van der Waals surface area contributed by atoms with Gasteiger partial charge in [0.1, 0.15) is 11.2 Å². The Morgan fingerprint density at radius 1 is 0.762 bits per heavy atom. The van der Waals surface area contributed by atoms with E-state index in [1.807, 2.05) is 42.5 Å². The summed E-state index contributed by atoms with van der Waals surface area (Å²) >= 11 is 0. The van der Waals surface area contributed by atoms with Gasteiger partial charge < -0.3 is 19.1 Å². The fourth-order valence-electron chi connectivity index (χ4n) is 4.44. The smallest absolute Gasteiger partial charge is 0.442 e. The number of amides is 2. The monoisotopic (exact) mass is 580 g/mol. The summed E-state index contributed by atoms with van der Waals surface area (Å²) in [5.41, 5.74) is 2.38. The number of allylic oxidation sites excluding steroid dienone is 1. The Balaban J connectivity index is 2.11. The van der Waals surface area contributed by atoms with Crippen molar-refractivity contribution in [2.45, 2.75) is 92.0 Å². The molecule has 3 rings (SSSR count). The molecule has 2 amide bonds. The van der Waals surface area contributed by atoms with Crippen LogP contribution in [0.25, 0.3) is 6.08 Å². The predicted molar refractivity (Wildman–Crippen MR) is 155 cm³/mol. The van der Waals surface area contributed by atoms with Crippen LogP contribution in [0.15, 0.2) is 48.5 Å². The lowest BCUT2D eigenvalue weighted by Crippen LogP contribution is -2.39. The molecule has 1 atom stereocenters. The third-order valence-corrected chi connectivity index (χ3v) is 6.01. The number of benzene rings is 2. The average molecular weight is 581 g/mol. The minimum atomic E-state index is -0.854. The highest BCUT2D eigenvalue weighted by Crippen LogP contribution is 2.35. The van der Waals surface area contributed by atoms with Gasteiger partial charge in [0.25, 0.3) is 0 Å². The molecule has 1 unspecified atom stereocenters. The van der Waals surface area contributed by atoms with E-state index >= 15 is 0 Å². The highest BCUT2D eigenvalue weighted by atomic mass is 16.8. The summed E-state index contributed by atoms with van der Waals surface area (Å²) in [5, 5.41) is 1.71. The summed E-state index contributed by atoms with van der Waals surface area (Å²) in [5.74, 6) is -1.38. The number of hydrogen-bond acceptors (Lipinski definition) is 8. The number of fused-ring (bicyclic) bond motifs is 1. The molecule has 10 nitrogen and oxygen atoms in total. The SMILES string of the molecule is CC(=O)ON(Cc1ccc2c(c1CN(OC(C)=O)C(=O)OC(C)(C)C)CC(c1ccccc1)C=C2)C(=O)OC(C)(C)C. The molecule has 1 aliphatic rings. The van der Waals surface area contributed by atoms with Crippen molar-refractivity contribution in [3.05, 3.63) is 76.4 Å². The standard InChI is InChI=1S/C32H40N2O8/c1-21(35)41-33(29(37)39-31(3,4)5)19-26-17-15-24-14-16-25(23-12-10-9-11-13-23)18-27(24)28(26)20-34(42-22(2)36)30(38)40-32(6,7)8/h9-17,25H,18-20H2,1-8H3. The van der Waals surface area contributed by atoms with Gasteiger partial charge in [0.15, 0.2) is 0 Å². The summed E-state index contributed by atoms with van der Waals surface area (Å²) in [4.78, 5) is 60.7. The Hall–Kier alpha value is -4.34. The second kappa shape index (κ2) is 13.1. The van der Waals surface area contributed by atoms with Crippen LogP contribution < -0.4 is 0 Å². The first-order valence-corrected chi connectivity index (χ1v) is 13.8. The van der Waals surface area contributed by atoms with E-state index < -0.39 is 35.3 Å². The number of hydrogen-bond donors (Lipinski definition) is 0. The Morgan fingerprint density at radius 3 is 1.79 bits per heavy atom. The van der Waals surface area contributed by atoms with Gasteiger partial charge in [-0.15, -0.1) is 10.1 Å². The second-order valence-electron chi connectivity index (χ2n) is 12.1. The van der Waals surface area contributed by atoms with Crippen molar-refractivity contribution in [3.63, 3.8) is 0 Å². The van der Waals surface area contributed by atoms with Crippen molar-refractivity contribution >= 4 is 30.2 Å². The molecule has 0 radical (unpaired) electrons. The zero-order chi connectivity index (χ0) is 31.2. The highest BCUT2D eigenvalue weighted by Gasteiger charge is 2.31. The Kier molecular flexibility index (Phi) is 10.0. The number of rotatable bonds is 5. The molecule has 0 saturated carbocycles. The maximum Gasteiger partial charge on any atom is 0.444 e. The number of nitrogens with zero attached hydrogens (tertiary/aromatic N) is 2. The van der Waals surface area contributed by atoms with Crippen LogP contribution in [0.2, 0.25) is 0 Å². The number of carbonyl (C=O) groups is 4. The fourth-order valence-corrected chi connectivity index (χ4v) is 4.44. The zero-order valence-corrected chi connectivity index (χ0v) is 25.6. The maximum atomic E-state index is 13.2. The van der Waals surface area contributed by atoms with E-state index in [4.69, 9.17) is 19.1 Å². The van der Waals surface area contributed by atoms with Gasteiger partial charge in [-0.25, -0.2) is 9.59 Å². The van der Waals surface area contributed by atoms with Crippen molar-refractivity contribution in [3.8, 4) is 0 Å². The normalized spacial score (nSPS) is 14.3. The molecule has 10 heteroatoms. The second-order valence-corrected chi connectivity index (χ2v) is 12.1. The van der Waals surface area contributed by atoms with Crippen molar-refractivity contribution in [1.82, 2.24) is 10.1 Å². The summed E-state index contributed by atoms with van der Waals surface area (Å²) in [6, 6.07) is 13.7. The van der Waals surface area contributed by atoms with Gasteiger partial charge in [-0.2, -0.15) is 0 Å². The fraction of sp³-hybridized carbons (Fsp3) is 0.438. The first-order chi connectivity index (χ1) is 19.5. The quantitative estimate of drug-likeness (QED) is 0.370. The molecule has 2 aromatic rings. The van der Waals surface area contributed by atoms with Crippen molar-refractivity contribution in [1.29, 1.82) is 0 Å². The molecule has 0 aromatic heterocycles. The van der Waals surface area contributed by atoms with Crippen LogP contribution in [-0.4, -0.2) is 45.5 Å². The molecule has 226 valence electrons. The van der Waals surface area contributed by atoms with E-state index in [1.165, 1.54) is 13.8 Å². The van der Waals surface area contributed by atoms with Gasteiger partial charge in [-0.05, 0) is 75.8 Å². The molecular weight excluding hydrogens is 540 g/mol. The van der Waals surface area contributed by atoms with Gasteiger partial charge in [0.05, 0.1) is 13.1 Å². The molecule has 0 fully saturated rings. The zero-order valence-electron chi connectivity index (χ0n) is 25.6. The van der Waals surface area contributed by atoms with Crippen molar-refractivity contribution in [2.24, 2.45) is 0 Å². The minimum absolute atomic E-state index is 0.0341. The summed E-state index contributed by atoms with van der Waals surface area (Å²) < 4.78 is 11.0. The van der Waals surface area contributed by atoms with Crippen LogP contribution in [0, 0.1) is 0 Å². The van der Waals surface area contributed by atoms with Crippen LogP contribution in [0.3, 0.4) is 0 Å². The topological polar surface area (TPSA) is 112 Å². The molecule has 0 spiro atoms. The minimum Gasteiger partial charge on any atom is -0.442 e. The lowest BCUT2D eigenvalue weighted by Gasteiger charge is -2.30. The lowest BCUT2D eigenvalue weighted by molar-refractivity contribution is -0.186. The van der Waals surface area contributed by atoms with Crippen LogP contribution >= 0.6 is 0 Å². The summed E-state index contributed by atoms with van der Waals surface area (Å²) in [6.45, 7) is 12.3. The molecule has 42 heavy (non-hydrogen) atoms. The summed E-state index contributed by atoms with van der Waals surface area (Å²) in [7, 11) is 0. The predicted octanol–water partition coefficient (Wildman–Crippen LogP) is 6.47. The Morgan fingerprint density at radius 2 is 1.29 bits per heavy atom. The van der Waals surface area contributed by atoms with E-state index in [0.717, 1.165) is 26.8 Å². The van der Waals surface area contributed by atoms with Crippen LogP contribution in [0.5, 0.6) is 0 Å². The van der Waals surface area contributed by atoms with Crippen molar-refractivity contribution in [2.75, 3.05) is 0 Å². The van der Waals surface area contributed by atoms with Crippen LogP contribution in [0.1, 0.15) is 89.1 Å². The molecule has 0 heterocycles. The average Bonchev–Trinajstić information content (AvgIpc) is 2.86. The van der Waals surface area contributed by atoms with Crippen molar-refractivity contribution < 1.29 is 38.3 Å². The molecule has 0 saturated heterocycles. The summed E-state index contributed by atoms with van der Waals surface area (Å²) in [6.07, 6.45) is 2.99. The van der Waals surface area contributed by atoms with E-state index in [9.17, 15) is 19.2 Å². The van der Waals surface area contributed by atoms with Gasteiger partial charge in [0, 0.05) is 19.8 Å². The third-order valence-electron chi connectivity index (χ3n) is 6.01. The highest BCUT2D eigenvalue weighted by molar-refractivity contribution is 5.73. The first kappa shape index (κ1) is 32.2.